The molecule has 2 aliphatic rings. The first-order valence-corrected chi connectivity index (χ1v) is 11.0. The van der Waals surface area contributed by atoms with Crippen molar-refractivity contribution in [1.29, 1.82) is 0 Å². The lowest BCUT2D eigenvalue weighted by atomic mass is 10.1. The summed E-state index contributed by atoms with van der Waals surface area (Å²) >= 11 is 0. The third-order valence-electron chi connectivity index (χ3n) is 5.52. The van der Waals surface area contributed by atoms with Crippen molar-refractivity contribution in [2.45, 2.75) is 11.3 Å². The first-order valence-electron chi connectivity index (χ1n) is 9.59. The van der Waals surface area contributed by atoms with Crippen molar-refractivity contribution in [2.24, 2.45) is 0 Å². The van der Waals surface area contributed by atoms with E-state index >= 15 is 0 Å². The molecule has 2 aromatic carbocycles. The lowest BCUT2D eigenvalue weighted by Gasteiger charge is -2.23. The molecule has 1 fully saturated rings. The van der Waals surface area contributed by atoms with Gasteiger partial charge in [0, 0.05) is 55.8 Å². The summed E-state index contributed by atoms with van der Waals surface area (Å²) < 4.78 is 28.4. The zero-order valence-electron chi connectivity index (χ0n) is 16.5. The number of nitrogens with one attached hydrogen (secondary N) is 1. The number of hydrogen-bond donors (Lipinski definition) is 1. The average molecular weight is 417 g/mol. The van der Waals surface area contributed by atoms with Gasteiger partial charge in [0.05, 0.1) is 11.4 Å². The van der Waals surface area contributed by atoms with Crippen LogP contribution in [0.25, 0.3) is 10.8 Å². The van der Waals surface area contributed by atoms with Crippen LogP contribution in [0.4, 0.5) is 5.69 Å². The third-order valence-corrected chi connectivity index (χ3v) is 7.47. The molecule has 154 valence electrons. The maximum atomic E-state index is 13.4. The van der Waals surface area contributed by atoms with Gasteiger partial charge in [-0.15, -0.1) is 0 Å². The number of sulfonamides is 1. The number of anilines is 1. The number of amides is 2. The zero-order valence-corrected chi connectivity index (χ0v) is 17.3. The average Bonchev–Trinajstić information content (AvgIpc) is 2.86. The highest BCUT2D eigenvalue weighted by Gasteiger charge is 2.31. The Bertz CT molecular complexity index is 1100. The normalized spacial score (nSPS) is 17.9. The second-order valence-corrected chi connectivity index (χ2v) is 9.52. The van der Waals surface area contributed by atoms with E-state index in [0.717, 1.165) is 0 Å². The maximum Gasteiger partial charge on any atom is 0.256 e. The Hall–Kier alpha value is -2.49. The number of carbonyl (C=O) groups excluding carboxylic acids is 2. The predicted molar refractivity (Wildman–Crippen MR) is 110 cm³/mol. The molecule has 2 heterocycles. The summed E-state index contributed by atoms with van der Waals surface area (Å²) in [5.74, 6) is -0.206. The Kier molecular flexibility index (Phi) is 5.05. The molecule has 0 spiro atoms. The Morgan fingerprint density at radius 2 is 1.90 bits per heavy atom. The Morgan fingerprint density at radius 3 is 2.66 bits per heavy atom. The first kappa shape index (κ1) is 19.8. The zero-order chi connectivity index (χ0) is 20.8. The molecular weight excluding hydrogens is 392 g/mol. The highest BCUT2D eigenvalue weighted by atomic mass is 32.2. The summed E-state index contributed by atoms with van der Waals surface area (Å²) in [7, 11) is -0.302. The van der Waals surface area contributed by atoms with E-state index in [4.69, 9.17) is 0 Å². The Morgan fingerprint density at radius 1 is 1.10 bits per heavy atom. The fourth-order valence-electron chi connectivity index (χ4n) is 3.91. The quantitative estimate of drug-likeness (QED) is 0.809. The fraction of sp³-hybridized carbons (Fsp3) is 0.400. The number of benzene rings is 2. The summed E-state index contributed by atoms with van der Waals surface area (Å²) in [5.41, 5.74) is 1.14. The largest absolute Gasteiger partial charge is 0.348 e. The van der Waals surface area contributed by atoms with Gasteiger partial charge >= 0.3 is 0 Å². The molecule has 1 N–H and O–H groups in total. The maximum absolute atomic E-state index is 13.4. The second-order valence-electron chi connectivity index (χ2n) is 7.62. The van der Waals surface area contributed by atoms with Crippen molar-refractivity contribution >= 4 is 38.3 Å². The van der Waals surface area contributed by atoms with Crippen LogP contribution < -0.4 is 5.32 Å². The number of hydrogen-bond acceptors (Lipinski definition) is 5. The van der Waals surface area contributed by atoms with E-state index in [1.165, 1.54) is 4.31 Å². The van der Waals surface area contributed by atoms with Crippen LogP contribution >= 0.6 is 0 Å². The van der Waals surface area contributed by atoms with Gasteiger partial charge in [0.15, 0.2) is 0 Å². The molecule has 4 rings (SSSR count). The monoisotopic (exact) mass is 416 g/mol. The van der Waals surface area contributed by atoms with Crippen LogP contribution in [0.5, 0.6) is 0 Å². The van der Waals surface area contributed by atoms with Crippen molar-refractivity contribution < 1.29 is 18.0 Å². The van der Waals surface area contributed by atoms with Crippen LogP contribution in [-0.2, 0) is 14.8 Å². The van der Waals surface area contributed by atoms with E-state index in [1.54, 1.807) is 49.3 Å². The number of nitrogens with zero attached hydrogens (tertiary/aromatic N) is 3. The summed E-state index contributed by atoms with van der Waals surface area (Å²) in [4.78, 5) is 27.9. The summed E-state index contributed by atoms with van der Waals surface area (Å²) in [6, 6.07) is 8.39. The number of carbonyl (C=O) groups is 2. The van der Waals surface area contributed by atoms with Crippen LogP contribution in [0, 0.1) is 0 Å². The van der Waals surface area contributed by atoms with Gasteiger partial charge in [-0.25, -0.2) is 8.42 Å². The van der Waals surface area contributed by atoms with Gasteiger partial charge in [0.2, 0.25) is 15.9 Å². The smallest absolute Gasteiger partial charge is 0.256 e. The summed E-state index contributed by atoms with van der Waals surface area (Å²) in [6.07, 6.45) is 0.654. The van der Waals surface area contributed by atoms with Crippen molar-refractivity contribution in [2.75, 3.05) is 52.1 Å². The molecule has 2 aromatic rings. The fourth-order valence-corrected chi connectivity index (χ4v) is 5.56. The highest BCUT2D eigenvalue weighted by molar-refractivity contribution is 7.89. The first-order chi connectivity index (χ1) is 13.8. The minimum absolute atomic E-state index is 0.00554. The van der Waals surface area contributed by atoms with Gasteiger partial charge in [-0.2, -0.15) is 4.31 Å². The minimum Gasteiger partial charge on any atom is -0.348 e. The van der Waals surface area contributed by atoms with E-state index < -0.39 is 10.0 Å². The van der Waals surface area contributed by atoms with E-state index in [2.05, 4.69) is 5.32 Å². The molecule has 0 unspecified atom stereocenters. The van der Waals surface area contributed by atoms with E-state index in [-0.39, 0.29) is 23.3 Å². The third kappa shape index (κ3) is 3.50. The molecule has 2 amide bonds. The van der Waals surface area contributed by atoms with Gasteiger partial charge in [0.1, 0.15) is 0 Å². The van der Waals surface area contributed by atoms with Gasteiger partial charge in [-0.3, -0.25) is 14.5 Å². The van der Waals surface area contributed by atoms with Crippen molar-refractivity contribution in [1.82, 2.24) is 14.1 Å². The van der Waals surface area contributed by atoms with E-state index in [9.17, 15) is 18.0 Å². The summed E-state index contributed by atoms with van der Waals surface area (Å²) in [6.45, 7) is 2.18. The minimum atomic E-state index is -3.73. The Balaban J connectivity index is 1.62. The summed E-state index contributed by atoms with van der Waals surface area (Å²) in [5, 5.41) is 4.00. The molecular formula is C20H24N4O4S. The molecule has 1 saturated heterocycles. The van der Waals surface area contributed by atoms with Crippen molar-refractivity contribution in [3.63, 3.8) is 0 Å². The van der Waals surface area contributed by atoms with Gasteiger partial charge in [-0.05, 0) is 31.2 Å². The van der Waals surface area contributed by atoms with Crippen molar-refractivity contribution in [3.05, 3.63) is 35.9 Å². The van der Waals surface area contributed by atoms with Gasteiger partial charge < -0.3 is 10.2 Å². The van der Waals surface area contributed by atoms with Crippen LogP contribution in [-0.4, -0.2) is 81.2 Å². The standard InChI is InChI=1S/C20H24N4O4S/c1-22(2)18(25)13-23-9-4-10-24(12-11-23)29(27,28)17-8-7-16-19-14(17)5-3-6-15(19)20(26)21-16/h3,5-8H,4,9-13H2,1-2H3,(H,21,26). The molecule has 29 heavy (non-hydrogen) atoms. The highest BCUT2D eigenvalue weighted by Crippen LogP contribution is 2.37. The van der Waals surface area contributed by atoms with Crippen LogP contribution in [0.3, 0.4) is 0 Å². The molecule has 0 aromatic heterocycles. The van der Waals surface area contributed by atoms with E-state index in [0.29, 0.717) is 54.6 Å². The molecule has 0 saturated carbocycles. The molecule has 0 atom stereocenters. The molecule has 0 bridgehead atoms. The van der Waals surface area contributed by atoms with Crippen LogP contribution in [0.2, 0.25) is 0 Å². The van der Waals surface area contributed by atoms with Gasteiger partial charge in [-0.1, -0.05) is 12.1 Å². The SMILES string of the molecule is CN(C)C(=O)CN1CCCN(S(=O)(=O)c2ccc3c4c(cccc24)C(=O)N3)CC1. The lowest BCUT2D eigenvalue weighted by Crippen LogP contribution is -2.39. The van der Waals surface area contributed by atoms with Crippen LogP contribution in [0.1, 0.15) is 16.8 Å². The number of rotatable bonds is 4. The lowest BCUT2D eigenvalue weighted by molar-refractivity contribution is -0.129. The molecule has 8 nitrogen and oxygen atoms in total. The van der Waals surface area contributed by atoms with Crippen LogP contribution in [0.15, 0.2) is 35.2 Å². The molecule has 2 aliphatic heterocycles. The van der Waals surface area contributed by atoms with E-state index in [1.807, 2.05) is 4.90 Å². The second kappa shape index (κ2) is 7.40. The van der Waals surface area contributed by atoms with Crippen molar-refractivity contribution in [3.8, 4) is 0 Å². The van der Waals surface area contributed by atoms with Gasteiger partial charge in [0.25, 0.3) is 5.91 Å². The molecule has 9 heteroatoms. The topological polar surface area (TPSA) is 90.0 Å². The number of likely N-dealkylation sites (N-methyl/N-ethyl adjacent to an activating group) is 1. The molecule has 0 radical (unpaired) electrons. The molecule has 0 aliphatic carbocycles. The Labute approximate surface area is 170 Å². The predicted octanol–water partition coefficient (Wildman–Crippen LogP) is 1.19.